The Morgan fingerprint density at radius 2 is 1.48 bits per heavy atom. The van der Waals surface area contributed by atoms with Gasteiger partial charge in [-0.05, 0) is 37.8 Å². The second-order valence-electron chi connectivity index (χ2n) is 9.46. The highest BCUT2D eigenvalue weighted by Crippen LogP contribution is 2.30. The molecule has 0 amide bonds. The molecule has 1 aromatic heterocycles. The normalized spacial score (nSPS) is 23.0. The summed E-state index contributed by atoms with van der Waals surface area (Å²) < 4.78 is 7.57. The van der Waals surface area contributed by atoms with Crippen molar-refractivity contribution in [2.75, 3.05) is 44.3 Å². The van der Waals surface area contributed by atoms with Crippen molar-refractivity contribution in [1.82, 2.24) is 14.5 Å². The zero-order chi connectivity index (χ0) is 21.0. The molecule has 1 aliphatic carbocycles. The molecule has 0 bridgehead atoms. The fraction of sp³-hybridized carbons (Fsp3) is 0.680. The minimum Gasteiger partial charge on any atom is -0.378 e. The number of nitrogens with zero attached hydrogens (tertiary/aromatic N) is 4. The molecule has 2 saturated heterocycles. The van der Waals surface area contributed by atoms with Crippen molar-refractivity contribution in [2.24, 2.45) is 0 Å². The summed E-state index contributed by atoms with van der Waals surface area (Å²) >= 11 is 0. The lowest BCUT2D eigenvalue weighted by Gasteiger charge is -2.39. The Morgan fingerprint density at radius 3 is 2.23 bits per heavy atom. The third-order valence-corrected chi connectivity index (χ3v) is 7.54. The molecule has 2 aromatic rings. The second kappa shape index (κ2) is 9.70. The molecule has 0 unspecified atom stereocenters. The number of para-hydroxylation sites is 2. The van der Waals surface area contributed by atoms with Gasteiger partial charge in [0.25, 0.3) is 5.56 Å². The zero-order valence-corrected chi connectivity index (χ0v) is 18.7. The summed E-state index contributed by atoms with van der Waals surface area (Å²) in [5.41, 5.74) is 1.98. The van der Waals surface area contributed by atoms with Crippen LogP contribution in [0.4, 0.5) is 5.82 Å². The molecule has 31 heavy (non-hydrogen) atoms. The van der Waals surface area contributed by atoms with Crippen LogP contribution in [0.2, 0.25) is 0 Å². The van der Waals surface area contributed by atoms with Gasteiger partial charge in [0.15, 0.2) is 5.82 Å². The first-order chi connectivity index (χ1) is 15.3. The molecule has 1 saturated carbocycles. The van der Waals surface area contributed by atoms with Gasteiger partial charge < -0.3 is 19.1 Å². The average Bonchev–Trinajstić information content (AvgIpc) is 2.79. The molecule has 168 valence electrons. The van der Waals surface area contributed by atoms with Gasteiger partial charge in [-0.1, -0.05) is 44.2 Å². The van der Waals surface area contributed by atoms with Crippen molar-refractivity contribution in [3.8, 4) is 0 Å². The van der Waals surface area contributed by atoms with Gasteiger partial charge >= 0.3 is 0 Å². The predicted octanol–water partition coefficient (Wildman–Crippen LogP) is 3.98. The molecule has 3 fully saturated rings. The lowest BCUT2D eigenvalue weighted by molar-refractivity contribution is 0.115. The van der Waals surface area contributed by atoms with E-state index in [0.717, 1.165) is 56.1 Å². The van der Waals surface area contributed by atoms with Crippen molar-refractivity contribution >= 4 is 16.9 Å². The molecule has 6 heteroatoms. The Bertz CT molecular complexity index is 921. The lowest BCUT2D eigenvalue weighted by Crippen LogP contribution is -2.45. The number of ether oxygens (including phenoxy) is 1. The maximum Gasteiger partial charge on any atom is 0.294 e. The third-order valence-electron chi connectivity index (χ3n) is 7.54. The van der Waals surface area contributed by atoms with Gasteiger partial charge in [-0.2, -0.15) is 0 Å². The van der Waals surface area contributed by atoms with Gasteiger partial charge in [0, 0.05) is 38.3 Å². The van der Waals surface area contributed by atoms with Crippen LogP contribution < -0.4 is 10.5 Å². The van der Waals surface area contributed by atoms with Gasteiger partial charge in [-0.3, -0.25) is 4.79 Å². The van der Waals surface area contributed by atoms with Gasteiger partial charge in [-0.15, -0.1) is 0 Å². The molecular weight excluding hydrogens is 388 g/mol. The number of piperidine rings is 1. The van der Waals surface area contributed by atoms with Crippen LogP contribution in [0.25, 0.3) is 11.0 Å². The van der Waals surface area contributed by atoms with E-state index >= 15 is 0 Å². The number of fused-ring (bicyclic) bond motifs is 1. The highest BCUT2D eigenvalue weighted by molar-refractivity contribution is 5.76. The third kappa shape index (κ3) is 4.51. The molecule has 6 nitrogen and oxygen atoms in total. The van der Waals surface area contributed by atoms with E-state index in [-0.39, 0.29) is 11.6 Å². The van der Waals surface area contributed by atoms with E-state index in [4.69, 9.17) is 9.72 Å². The van der Waals surface area contributed by atoms with Gasteiger partial charge in [0.2, 0.25) is 0 Å². The van der Waals surface area contributed by atoms with Crippen molar-refractivity contribution < 1.29 is 4.74 Å². The Morgan fingerprint density at radius 1 is 0.806 bits per heavy atom. The summed E-state index contributed by atoms with van der Waals surface area (Å²) in [5.74, 6) is 0.601. The molecule has 3 aliphatic rings. The van der Waals surface area contributed by atoms with E-state index in [1.807, 2.05) is 18.2 Å². The molecule has 1 aromatic carbocycles. The smallest absolute Gasteiger partial charge is 0.294 e. The fourth-order valence-corrected chi connectivity index (χ4v) is 5.79. The van der Waals surface area contributed by atoms with Crippen molar-refractivity contribution in [3.05, 3.63) is 34.6 Å². The monoisotopic (exact) mass is 424 g/mol. The summed E-state index contributed by atoms with van der Waals surface area (Å²) in [6, 6.07) is 9.15. The van der Waals surface area contributed by atoms with Crippen molar-refractivity contribution in [2.45, 2.75) is 69.9 Å². The molecule has 2 aliphatic heterocycles. The summed E-state index contributed by atoms with van der Waals surface area (Å²) in [5, 5.41) is 0. The van der Waals surface area contributed by atoms with Crippen molar-refractivity contribution in [1.29, 1.82) is 0 Å². The SMILES string of the molecule is O=c1c(N2CCOCC2)nc2ccccc2n1C1CCN(C2CCCCCCC2)CC1. The van der Waals surface area contributed by atoms with E-state index in [1.165, 1.54) is 44.9 Å². The van der Waals surface area contributed by atoms with Crippen LogP contribution in [0.3, 0.4) is 0 Å². The summed E-state index contributed by atoms with van der Waals surface area (Å²) in [4.78, 5) is 23.3. The molecule has 0 radical (unpaired) electrons. The van der Waals surface area contributed by atoms with Crippen LogP contribution in [0.5, 0.6) is 0 Å². The minimum absolute atomic E-state index is 0.0741. The van der Waals surface area contributed by atoms with E-state index in [9.17, 15) is 4.79 Å². The number of hydrogen-bond acceptors (Lipinski definition) is 5. The number of rotatable bonds is 3. The first-order valence-electron chi connectivity index (χ1n) is 12.4. The van der Waals surface area contributed by atoms with E-state index < -0.39 is 0 Å². The average molecular weight is 425 g/mol. The van der Waals surface area contributed by atoms with Crippen LogP contribution in [0.15, 0.2) is 29.1 Å². The minimum atomic E-state index is 0.0741. The predicted molar refractivity (Wildman–Crippen MR) is 125 cm³/mol. The first-order valence-corrected chi connectivity index (χ1v) is 12.4. The Labute approximate surface area is 185 Å². The molecule has 0 atom stereocenters. The summed E-state index contributed by atoms with van der Waals surface area (Å²) in [6.07, 6.45) is 11.8. The quantitative estimate of drug-likeness (QED) is 0.746. The number of benzene rings is 1. The van der Waals surface area contributed by atoms with Crippen LogP contribution in [-0.2, 0) is 4.74 Å². The van der Waals surface area contributed by atoms with Crippen LogP contribution in [0.1, 0.15) is 63.8 Å². The highest BCUT2D eigenvalue weighted by atomic mass is 16.5. The molecular formula is C25H36N4O2. The van der Waals surface area contributed by atoms with E-state index in [0.29, 0.717) is 19.0 Å². The number of hydrogen-bond donors (Lipinski definition) is 0. The molecule has 0 N–H and O–H groups in total. The Hall–Kier alpha value is -1.92. The Kier molecular flexibility index (Phi) is 6.55. The number of morpholine rings is 1. The zero-order valence-electron chi connectivity index (χ0n) is 18.7. The summed E-state index contributed by atoms with van der Waals surface area (Å²) in [7, 11) is 0. The lowest BCUT2D eigenvalue weighted by atomic mass is 9.93. The van der Waals surface area contributed by atoms with Gasteiger partial charge in [0.1, 0.15) is 0 Å². The number of aromatic nitrogens is 2. The second-order valence-corrected chi connectivity index (χ2v) is 9.46. The standard InChI is InChI=1S/C25H36N4O2/c30-25-24(28-16-18-31-19-17-28)26-22-10-6-7-11-23(22)29(25)21-12-14-27(15-13-21)20-8-4-2-1-3-5-9-20/h6-7,10-11,20-21H,1-5,8-9,12-19H2. The molecule has 3 heterocycles. The van der Waals surface area contributed by atoms with Crippen LogP contribution in [0, 0.1) is 0 Å². The topological polar surface area (TPSA) is 50.6 Å². The Balaban J connectivity index is 1.39. The summed E-state index contributed by atoms with van der Waals surface area (Å²) in [6.45, 7) is 5.00. The van der Waals surface area contributed by atoms with Gasteiger partial charge in [0.05, 0.1) is 24.2 Å². The maximum atomic E-state index is 13.7. The van der Waals surface area contributed by atoms with Crippen molar-refractivity contribution in [3.63, 3.8) is 0 Å². The first kappa shape index (κ1) is 21.0. The molecule has 5 rings (SSSR count). The highest BCUT2D eigenvalue weighted by Gasteiger charge is 2.29. The maximum absolute atomic E-state index is 13.7. The fourth-order valence-electron chi connectivity index (χ4n) is 5.79. The number of likely N-dealkylation sites (tertiary alicyclic amines) is 1. The van der Waals surface area contributed by atoms with E-state index in [2.05, 4.69) is 20.4 Å². The molecule has 0 spiro atoms. The van der Waals surface area contributed by atoms with Crippen LogP contribution in [-0.4, -0.2) is 59.9 Å². The number of anilines is 1. The van der Waals surface area contributed by atoms with E-state index in [1.54, 1.807) is 0 Å². The van der Waals surface area contributed by atoms with Gasteiger partial charge in [-0.25, -0.2) is 4.98 Å². The largest absolute Gasteiger partial charge is 0.378 e. The van der Waals surface area contributed by atoms with Crippen LogP contribution >= 0.6 is 0 Å².